The normalized spacial score (nSPS) is 46.7. The number of likely N-dealkylation sites (N-methyl/N-ethyl adjacent to an activating group) is 1. The smallest absolute Gasteiger partial charge is 0.331 e. The molecule has 1 heterocycles. The summed E-state index contributed by atoms with van der Waals surface area (Å²) in [5.41, 5.74) is 0.207. The van der Waals surface area contributed by atoms with Crippen LogP contribution in [0.5, 0.6) is 0 Å². The minimum atomic E-state index is -2.28. The van der Waals surface area contributed by atoms with Gasteiger partial charge >= 0.3 is 5.97 Å². The standard InChI is InChI=1S/C75H93NO9/c1-43(47-10-3-4-11-47)49-19-21-60-67(80)70-26-22-45(35-70)17-16-44-8-5-9-46(28-44)29-50-13-7-14-51-30-54-37-69(36-52(54)18-20-56(50)51)25-23-48-12-6-15-53(39-77)57(48)33-62(76-2)58-31-55-38-73(82)71(40-69,65(55)59-34-64(79)85-66(58)59)27-24-63-72(41-70,42-78)74(60,83)61(32-49)68(81)75(63,73)84/h5-9,12-15,28,34,42-43,45,47,49,52,54-55,58,60-63,65-68,76-77,80-84H,3-4,10-11,16-22,24,26-27,29-33,35-41H2,1-2H3. The molecule has 3 spiro atoms. The van der Waals surface area contributed by atoms with Crippen molar-refractivity contribution in [1.29, 1.82) is 0 Å². The molecule has 0 aromatic heterocycles. The van der Waals surface area contributed by atoms with Gasteiger partial charge in [-0.25, -0.2) is 4.79 Å². The molecule has 85 heavy (non-hydrogen) atoms. The third kappa shape index (κ3) is 7.75. The fraction of sp³-hybridized carbons (Fsp3) is 0.680. The highest BCUT2D eigenvalue weighted by Gasteiger charge is 2.87. The molecule has 22 atom stereocenters. The van der Waals surface area contributed by atoms with E-state index in [9.17, 15) is 25.2 Å². The van der Waals surface area contributed by atoms with Crippen LogP contribution < -0.4 is 5.32 Å². The van der Waals surface area contributed by atoms with E-state index in [4.69, 9.17) is 4.74 Å². The quantitative estimate of drug-likeness (QED) is 0.0740. The number of aliphatic hydroxyl groups excluding tert-OH is 3. The maximum atomic E-state index is 15.6. The summed E-state index contributed by atoms with van der Waals surface area (Å²) in [5.74, 6) is 5.68. The average molecular weight is 1150 g/mol. The van der Waals surface area contributed by atoms with Crippen LogP contribution in [0.2, 0.25) is 0 Å². The molecular formula is C75H93NO9. The molecular weight excluding hydrogens is 1060 g/mol. The number of esters is 1. The van der Waals surface area contributed by atoms with Gasteiger partial charge in [0.25, 0.3) is 0 Å². The fourth-order valence-electron chi connectivity index (χ4n) is 25.2. The van der Waals surface area contributed by atoms with Crippen LogP contribution in [-0.4, -0.2) is 91.1 Å². The number of nitrogens with one attached hydrogen (secondary N) is 1. The minimum Gasteiger partial charge on any atom is -0.454 e. The highest BCUT2D eigenvalue weighted by molar-refractivity contribution is 5.86. The summed E-state index contributed by atoms with van der Waals surface area (Å²) in [4.78, 5) is 29.9. The first kappa shape index (κ1) is 56.1. The Kier molecular flexibility index (Phi) is 13.1. The Morgan fingerprint density at radius 2 is 1.55 bits per heavy atom. The van der Waals surface area contributed by atoms with Crippen molar-refractivity contribution in [1.82, 2.24) is 5.32 Å². The molecule has 15 aliphatic carbocycles. The van der Waals surface area contributed by atoms with Crippen molar-refractivity contribution < 1.29 is 45.0 Å². The summed E-state index contributed by atoms with van der Waals surface area (Å²) in [5, 5.41) is 88.2. The van der Waals surface area contributed by atoms with Gasteiger partial charge in [0.15, 0.2) is 0 Å². The predicted octanol–water partition coefficient (Wildman–Crippen LogP) is 9.87. The van der Waals surface area contributed by atoms with Crippen molar-refractivity contribution in [2.24, 2.45) is 92.7 Å². The SMILES string of the molecule is CNC1Cc2c(cccc2CO)C#CC23CC4CCc5c(cccc5CC4C2)Cc2cccc(c2)CCC2CCC4(C2)CC2(C=O)C5CCC6(C3)C3C7=CC(=O)OC7C1CC3CC6(O)C5(O)C(O)C1CC(C(C)C3CCCC3)CCC(C4O)C12O. The fourth-order valence-corrected chi connectivity index (χ4v) is 25.2. The van der Waals surface area contributed by atoms with Crippen molar-refractivity contribution in [2.75, 3.05) is 7.05 Å². The van der Waals surface area contributed by atoms with E-state index in [-0.39, 0.29) is 67.4 Å². The number of aliphatic hydroxyl groups is 6. The van der Waals surface area contributed by atoms with Gasteiger partial charge in [-0.3, -0.25) is 0 Å². The third-order valence-corrected chi connectivity index (χ3v) is 28.6. The lowest BCUT2D eigenvalue weighted by molar-refractivity contribution is -0.385. The van der Waals surface area contributed by atoms with Crippen LogP contribution in [-0.2, 0) is 53.0 Å². The molecule has 16 aliphatic rings. The van der Waals surface area contributed by atoms with Gasteiger partial charge in [-0.2, -0.15) is 0 Å². The number of hydrogen-bond acceptors (Lipinski definition) is 10. The third-order valence-electron chi connectivity index (χ3n) is 28.6. The molecule has 10 nitrogen and oxygen atoms in total. The van der Waals surface area contributed by atoms with Crippen LogP contribution in [0.3, 0.4) is 0 Å². The number of fused-ring (bicyclic) bond motifs is 1. The van der Waals surface area contributed by atoms with Crippen molar-refractivity contribution in [3.8, 4) is 11.8 Å². The summed E-state index contributed by atoms with van der Waals surface area (Å²) >= 11 is 0. The van der Waals surface area contributed by atoms with E-state index in [0.29, 0.717) is 56.8 Å². The molecule has 9 fully saturated rings. The van der Waals surface area contributed by atoms with Crippen LogP contribution >= 0.6 is 0 Å². The summed E-state index contributed by atoms with van der Waals surface area (Å²) in [7, 11) is 1.96. The van der Waals surface area contributed by atoms with Crippen molar-refractivity contribution >= 4 is 12.3 Å². The molecule has 9 saturated carbocycles. The topological polar surface area (TPSA) is 177 Å². The van der Waals surface area contributed by atoms with Gasteiger partial charge < -0.3 is 45.5 Å². The second-order valence-electron chi connectivity index (χ2n) is 31.7. The van der Waals surface area contributed by atoms with Gasteiger partial charge in [0.2, 0.25) is 0 Å². The van der Waals surface area contributed by atoms with Crippen molar-refractivity contribution in [3.63, 3.8) is 0 Å². The van der Waals surface area contributed by atoms with Crippen LogP contribution in [0.1, 0.15) is 180 Å². The number of rotatable bonds is 5. The molecule has 3 aromatic carbocycles. The Balaban J connectivity index is 0.936. The molecule has 452 valence electrons. The predicted molar refractivity (Wildman–Crippen MR) is 323 cm³/mol. The molecule has 17 bridgehead atoms. The summed E-state index contributed by atoms with van der Waals surface area (Å²) in [6.07, 6.45) is 18.0. The van der Waals surface area contributed by atoms with Gasteiger partial charge in [-0.1, -0.05) is 99.0 Å². The maximum absolute atomic E-state index is 15.6. The van der Waals surface area contributed by atoms with E-state index >= 15 is 15.0 Å². The summed E-state index contributed by atoms with van der Waals surface area (Å²) < 4.78 is 6.58. The number of carbonyl (C=O) groups excluding carboxylic acids is 2. The van der Waals surface area contributed by atoms with Crippen LogP contribution in [0.15, 0.2) is 72.3 Å². The highest BCUT2D eigenvalue weighted by atomic mass is 16.5. The maximum Gasteiger partial charge on any atom is 0.331 e. The molecule has 19 rings (SSSR count). The first-order valence-corrected chi connectivity index (χ1v) is 34.0. The first-order chi connectivity index (χ1) is 41.0. The van der Waals surface area contributed by atoms with Crippen LogP contribution in [0.25, 0.3) is 0 Å². The monoisotopic (exact) mass is 1150 g/mol. The Labute approximate surface area is 503 Å². The summed E-state index contributed by atoms with van der Waals surface area (Å²) in [6.45, 7) is 2.22. The van der Waals surface area contributed by atoms with Crippen LogP contribution in [0.4, 0.5) is 0 Å². The molecule has 0 saturated heterocycles. The number of aldehydes is 1. The molecule has 7 N–H and O–H groups in total. The summed E-state index contributed by atoms with van der Waals surface area (Å²) in [6, 6.07) is 22.0. The second-order valence-corrected chi connectivity index (χ2v) is 31.7. The van der Waals surface area contributed by atoms with Gasteiger partial charge in [0.05, 0.1) is 29.8 Å². The van der Waals surface area contributed by atoms with Gasteiger partial charge in [-0.15, -0.1) is 0 Å². The zero-order valence-electron chi connectivity index (χ0n) is 50.5. The number of benzene rings is 3. The molecule has 1 aliphatic heterocycles. The average Bonchev–Trinajstić information content (AvgIpc) is 1.63. The Morgan fingerprint density at radius 3 is 2.38 bits per heavy atom. The largest absolute Gasteiger partial charge is 0.454 e. The van der Waals surface area contributed by atoms with Gasteiger partial charge in [0, 0.05) is 52.2 Å². The zero-order valence-corrected chi connectivity index (χ0v) is 50.5. The number of aryl methyl sites for hydroxylation is 1. The molecule has 3 aromatic rings. The molecule has 0 radical (unpaired) electrons. The van der Waals surface area contributed by atoms with Gasteiger partial charge in [0.1, 0.15) is 23.6 Å². The number of ether oxygens (including phenoxy) is 1. The van der Waals surface area contributed by atoms with Gasteiger partial charge in [-0.05, 0) is 245 Å². The van der Waals surface area contributed by atoms with Crippen molar-refractivity contribution in [2.45, 2.75) is 215 Å². The Hall–Kier alpha value is -4.18. The highest BCUT2D eigenvalue weighted by Crippen LogP contribution is 2.80. The number of carbonyl (C=O) groups is 2. The van der Waals surface area contributed by atoms with Crippen LogP contribution in [0, 0.1) is 105 Å². The second kappa shape index (κ2) is 19.9. The van der Waals surface area contributed by atoms with Crippen molar-refractivity contribution in [3.05, 3.63) is 117 Å². The van der Waals surface area contributed by atoms with E-state index in [2.05, 4.69) is 72.6 Å². The Bertz CT molecular complexity index is 3300. The van der Waals surface area contributed by atoms with E-state index < -0.39 is 86.4 Å². The lowest BCUT2D eigenvalue weighted by atomic mass is 9.32. The van der Waals surface area contributed by atoms with E-state index in [1.165, 1.54) is 40.7 Å². The van der Waals surface area contributed by atoms with E-state index in [0.717, 1.165) is 112 Å². The molecule has 10 heteroatoms. The Morgan fingerprint density at radius 1 is 0.753 bits per heavy atom. The zero-order chi connectivity index (χ0) is 58.2. The first-order valence-electron chi connectivity index (χ1n) is 34.0. The number of hydrogen-bond donors (Lipinski definition) is 7. The lowest BCUT2D eigenvalue weighted by Gasteiger charge is -2.75. The molecule has 22 unspecified atom stereocenters. The van der Waals surface area contributed by atoms with E-state index in [1.54, 1.807) is 6.08 Å². The lowest BCUT2D eigenvalue weighted by Crippen LogP contribution is -2.86. The van der Waals surface area contributed by atoms with E-state index in [1.807, 2.05) is 19.2 Å². The molecule has 0 amide bonds. The minimum absolute atomic E-state index is 0.0651.